The Morgan fingerprint density at radius 1 is 1.36 bits per heavy atom. The van der Waals surface area contributed by atoms with Gasteiger partial charge < -0.3 is 10.3 Å². The molecule has 0 aliphatic heterocycles. The number of anilines is 1. The summed E-state index contributed by atoms with van der Waals surface area (Å²) in [4.78, 5) is 3.37. The summed E-state index contributed by atoms with van der Waals surface area (Å²) in [5.41, 5.74) is 2.96. The molecule has 0 unspecified atom stereocenters. The molecule has 0 spiro atoms. The summed E-state index contributed by atoms with van der Waals surface area (Å²) in [6, 6.07) is 2.23. The molecule has 2 rings (SSSR count). The van der Waals surface area contributed by atoms with Crippen molar-refractivity contribution in [2.45, 2.75) is 25.7 Å². The van der Waals surface area contributed by atoms with Gasteiger partial charge in [0.05, 0.1) is 0 Å². The van der Waals surface area contributed by atoms with Gasteiger partial charge in [-0.25, -0.2) is 0 Å². The Labute approximate surface area is 67.0 Å². The standard InChI is InChI=1S/C9H14N2/c1-10-9-6-7-4-2-3-5-8(7)11-9/h6,10-11H,2-5H2,1H3. The summed E-state index contributed by atoms with van der Waals surface area (Å²) >= 11 is 0. The summed E-state index contributed by atoms with van der Waals surface area (Å²) in [6.07, 6.45) is 5.19. The third-order valence-electron chi connectivity index (χ3n) is 2.38. The molecule has 0 fully saturated rings. The highest BCUT2D eigenvalue weighted by Crippen LogP contribution is 2.23. The molecule has 0 atom stereocenters. The summed E-state index contributed by atoms with van der Waals surface area (Å²) in [7, 11) is 1.96. The van der Waals surface area contributed by atoms with E-state index in [0.29, 0.717) is 0 Å². The average molecular weight is 150 g/mol. The lowest BCUT2D eigenvalue weighted by Gasteiger charge is -2.08. The molecule has 1 aromatic heterocycles. The van der Waals surface area contributed by atoms with Gasteiger partial charge in [0.1, 0.15) is 5.82 Å². The third-order valence-corrected chi connectivity index (χ3v) is 2.38. The van der Waals surface area contributed by atoms with Gasteiger partial charge in [0.15, 0.2) is 0 Å². The van der Waals surface area contributed by atoms with E-state index in [9.17, 15) is 0 Å². The molecule has 2 N–H and O–H groups in total. The molecule has 0 aromatic carbocycles. The SMILES string of the molecule is CNc1cc2c([nH]1)CCCC2. The van der Waals surface area contributed by atoms with E-state index in [1.54, 1.807) is 0 Å². The summed E-state index contributed by atoms with van der Waals surface area (Å²) < 4.78 is 0. The molecule has 1 heterocycles. The van der Waals surface area contributed by atoms with Gasteiger partial charge in [-0.3, -0.25) is 0 Å². The van der Waals surface area contributed by atoms with Crippen LogP contribution in [0.1, 0.15) is 24.1 Å². The fourth-order valence-corrected chi connectivity index (χ4v) is 1.74. The van der Waals surface area contributed by atoms with Gasteiger partial charge in [0.25, 0.3) is 0 Å². The van der Waals surface area contributed by atoms with E-state index in [1.165, 1.54) is 36.9 Å². The van der Waals surface area contributed by atoms with Crippen molar-refractivity contribution in [2.75, 3.05) is 12.4 Å². The van der Waals surface area contributed by atoms with Crippen molar-refractivity contribution in [1.29, 1.82) is 0 Å². The van der Waals surface area contributed by atoms with Gasteiger partial charge in [0.2, 0.25) is 0 Å². The van der Waals surface area contributed by atoms with E-state index >= 15 is 0 Å². The molecule has 0 saturated carbocycles. The Bertz CT molecular complexity index is 227. The number of aryl methyl sites for hydroxylation is 2. The van der Waals surface area contributed by atoms with Crippen LogP contribution in [-0.4, -0.2) is 12.0 Å². The number of fused-ring (bicyclic) bond motifs is 1. The monoisotopic (exact) mass is 150 g/mol. The van der Waals surface area contributed by atoms with Crippen LogP contribution in [0.15, 0.2) is 6.07 Å². The Morgan fingerprint density at radius 2 is 2.18 bits per heavy atom. The minimum atomic E-state index is 1.16. The minimum Gasteiger partial charge on any atom is -0.375 e. The van der Waals surface area contributed by atoms with Gasteiger partial charge in [-0.15, -0.1) is 0 Å². The molecule has 1 aliphatic rings. The Kier molecular flexibility index (Phi) is 1.60. The largest absolute Gasteiger partial charge is 0.375 e. The number of hydrogen-bond donors (Lipinski definition) is 2. The topological polar surface area (TPSA) is 27.8 Å². The number of H-pyrrole nitrogens is 1. The Balaban J connectivity index is 2.32. The van der Waals surface area contributed by atoms with Crippen LogP contribution >= 0.6 is 0 Å². The fourth-order valence-electron chi connectivity index (χ4n) is 1.74. The molecule has 1 aromatic rings. The first-order valence-electron chi connectivity index (χ1n) is 4.28. The van der Waals surface area contributed by atoms with Crippen LogP contribution in [0.2, 0.25) is 0 Å². The molecule has 11 heavy (non-hydrogen) atoms. The molecule has 0 bridgehead atoms. The molecule has 0 amide bonds. The molecular weight excluding hydrogens is 136 g/mol. The first-order valence-corrected chi connectivity index (χ1v) is 4.28. The maximum atomic E-state index is 3.37. The molecule has 2 nitrogen and oxygen atoms in total. The van der Waals surface area contributed by atoms with Gasteiger partial charge in [0, 0.05) is 12.7 Å². The van der Waals surface area contributed by atoms with E-state index in [-0.39, 0.29) is 0 Å². The first kappa shape index (κ1) is 6.77. The van der Waals surface area contributed by atoms with Gasteiger partial charge >= 0.3 is 0 Å². The molecular formula is C9H14N2. The van der Waals surface area contributed by atoms with Crippen LogP contribution < -0.4 is 5.32 Å². The van der Waals surface area contributed by atoms with Crippen LogP contribution in [0.3, 0.4) is 0 Å². The second-order valence-electron chi connectivity index (χ2n) is 3.14. The highest BCUT2D eigenvalue weighted by Gasteiger charge is 2.11. The number of nitrogens with one attached hydrogen (secondary N) is 2. The van der Waals surface area contributed by atoms with Crippen LogP contribution in [0.25, 0.3) is 0 Å². The van der Waals surface area contributed by atoms with E-state index in [1.807, 2.05) is 7.05 Å². The zero-order valence-electron chi connectivity index (χ0n) is 6.91. The van der Waals surface area contributed by atoms with Gasteiger partial charge in [-0.05, 0) is 37.3 Å². The van der Waals surface area contributed by atoms with E-state index in [2.05, 4.69) is 16.4 Å². The fraction of sp³-hybridized carbons (Fsp3) is 0.556. The van der Waals surface area contributed by atoms with Gasteiger partial charge in [-0.1, -0.05) is 0 Å². The predicted molar refractivity (Wildman–Crippen MR) is 47.0 cm³/mol. The van der Waals surface area contributed by atoms with Crippen molar-refractivity contribution >= 4 is 5.82 Å². The smallest absolute Gasteiger partial charge is 0.103 e. The third kappa shape index (κ3) is 1.13. The zero-order valence-corrected chi connectivity index (χ0v) is 6.91. The number of rotatable bonds is 1. The van der Waals surface area contributed by atoms with Crippen LogP contribution in [0.5, 0.6) is 0 Å². The van der Waals surface area contributed by atoms with Crippen LogP contribution in [-0.2, 0) is 12.8 Å². The van der Waals surface area contributed by atoms with E-state index in [4.69, 9.17) is 0 Å². The summed E-state index contributed by atoms with van der Waals surface area (Å²) in [6.45, 7) is 0. The summed E-state index contributed by atoms with van der Waals surface area (Å²) in [5, 5.41) is 3.13. The Hall–Kier alpha value is -0.920. The maximum Gasteiger partial charge on any atom is 0.103 e. The number of aromatic amines is 1. The average Bonchev–Trinajstić information content (AvgIpc) is 2.46. The van der Waals surface area contributed by atoms with Gasteiger partial charge in [-0.2, -0.15) is 0 Å². The minimum absolute atomic E-state index is 1.16. The maximum absolute atomic E-state index is 3.37. The number of hydrogen-bond acceptors (Lipinski definition) is 1. The van der Waals surface area contributed by atoms with Crippen molar-refractivity contribution in [3.05, 3.63) is 17.3 Å². The van der Waals surface area contributed by atoms with E-state index < -0.39 is 0 Å². The highest BCUT2D eigenvalue weighted by atomic mass is 15.0. The molecule has 1 aliphatic carbocycles. The van der Waals surface area contributed by atoms with Crippen molar-refractivity contribution < 1.29 is 0 Å². The second-order valence-corrected chi connectivity index (χ2v) is 3.14. The molecule has 0 saturated heterocycles. The van der Waals surface area contributed by atoms with Crippen molar-refractivity contribution in [1.82, 2.24) is 4.98 Å². The molecule has 0 radical (unpaired) electrons. The van der Waals surface area contributed by atoms with Crippen molar-refractivity contribution in [2.24, 2.45) is 0 Å². The lowest BCUT2D eigenvalue weighted by molar-refractivity contribution is 0.677. The number of aromatic nitrogens is 1. The summed E-state index contributed by atoms with van der Waals surface area (Å²) in [5.74, 6) is 1.16. The van der Waals surface area contributed by atoms with E-state index in [0.717, 1.165) is 5.82 Å². The lowest BCUT2D eigenvalue weighted by Crippen LogP contribution is -1.99. The molecule has 60 valence electrons. The first-order chi connectivity index (χ1) is 5.40. The van der Waals surface area contributed by atoms with Crippen molar-refractivity contribution in [3.8, 4) is 0 Å². The Morgan fingerprint density at radius 3 is 2.91 bits per heavy atom. The normalized spacial score (nSPS) is 16.1. The lowest BCUT2D eigenvalue weighted by atomic mass is 9.98. The van der Waals surface area contributed by atoms with Crippen molar-refractivity contribution in [3.63, 3.8) is 0 Å². The predicted octanol–water partition coefficient (Wildman–Crippen LogP) is 1.94. The zero-order chi connectivity index (χ0) is 7.68. The quantitative estimate of drug-likeness (QED) is 0.629. The second kappa shape index (κ2) is 2.61. The van der Waals surface area contributed by atoms with Crippen LogP contribution in [0, 0.1) is 0 Å². The molecule has 2 heteroatoms. The van der Waals surface area contributed by atoms with Crippen LogP contribution in [0.4, 0.5) is 5.82 Å². The highest BCUT2D eigenvalue weighted by molar-refractivity contribution is 5.43.